The minimum Gasteiger partial charge on any atom is -0.363 e. The largest absolute Gasteiger partial charge is 0.410 e. The standard InChI is InChI=1S/C19H14F3N5OS/c20-19(21,22)16-8-13(15-2-1-7-29-15)25-17-9-14(26-27(16)17)18(28)24-12-5-3-11(10-23)4-6-12/h1-7,9,13,16,25H,8H2,(H,24,28). The number of fused-ring (bicyclic) bond motifs is 1. The summed E-state index contributed by atoms with van der Waals surface area (Å²) >= 11 is 1.37. The Balaban J connectivity index is 1.61. The number of alkyl halides is 3. The predicted molar refractivity (Wildman–Crippen MR) is 102 cm³/mol. The Morgan fingerprint density at radius 2 is 2.07 bits per heavy atom. The molecule has 148 valence electrons. The highest BCUT2D eigenvalue weighted by Gasteiger charge is 2.47. The molecule has 1 aliphatic heterocycles. The van der Waals surface area contributed by atoms with Gasteiger partial charge >= 0.3 is 6.18 Å². The number of amides is 1. The number of carbonyl (C=O) groups is 1. The zero-order valence-electron chi connectivity index (χ0n) is 14.8. The minimum atomic E-state index is -4.50. The Kier molecular flexibility index (Phi) is 4.76. The van der Waals surface area contributed by atoms with Gasteiger partial charge in [-0.25, -0.2) is 4.68 Å². The number of nitrogens with one attached hydrogen (secondary N) is 2. The molecule has 0 saturated heterocycles. The van der Waals surface area contributed by atoms with E-state index in [0.29, 0.717) is 11.3 Å². The molecule has 2 N–H and O–H groups in total. The van der Waals surface area contributed by atoms with E-state index in [9.17, 15) is 18.0 Å². The summed E-state index contributed by atoms with van der Waals surface area (Å²) in [6.07, 6.45) is -4.71. The van der Waals surface area contributed by atoms with E-state index in [1.807, 2.05) is 11.4 Å². The first-order chi connectivity index (χ1) is 13.8. The third kappa shape index (κ3) is 3.82. The van der Waals surface area contributed by atoms with Crippen LogP contribution in [0.2, 0.25) is 0 Å². The highest BCUT2D eigenvalue weighted by atomic mass is 32.1. The van der Waals surface area contributed by atoms with E-state index in [2.05, 4.69) is 15.7 Å². The van der Waals surface area contributed by atoms with Crippen LogP contribution in [0.25, 0.3) is 0 Å². The van der Waals surface area contributed by atoms with Crippen LogP contribution in [0, 0.1) is 11.3 Å². The van der Waals surface area contributed by atoms with Gasteiger partial charge in [0.05, 0.1) is 17.7 Å². The number of hydrogen-bond donors (Lipinski definition) is 2. The maximum Gasteiger partial charge on any atom is 0.410 e. The molecular weight excluding hydrogens is 403 g/mol. The van der Waals surface area contributed by atoms with Crippen molar-refractivity contribution in [3.05, 3.63) is 64.0 Å². The van der Waals surface area contributed by atoms with Gasteiger partial charge < -0.3 is 10.6 Å². The van der Waals surface area contributed by atoms with Crippen LogP contribution < -0.4 is 10.6 Å². The Bertz CT molecular complexity index is 1070. The van der Waals surface area contributed by atoms with Crippen molar-refractivity contribution in [1.82, 2.24) is 9.78 Å². The lowest BCUT2D eigenvalue weighted by Gasteiger charge is -2.32. The van der Waals surface area contributed by atoms with Crippen molar-refractivity contribution in [1.29, 1.82) is 5.26 Å². The van der Waals surface area contributed by atoms with Crippen LogP contribution >= 0.6 is 11.3 Å². The zero-order valence-corrected chi connectivity index (χ0v) is 15.6. The Hall–Kier alpha value is -3.32. The summed E-state index contributed by atoms with van der Waals surface area (Å²) in [7, 11) is 0. The summed E-state index contributed by atoms with van der Waals surface area (Å²) in [6.45, 7) is 0. The Morgan fingerprint density at radius 1 is 1.31 bits per heavy atom. The molecule has 0 bridgehead atoms. The second kappa shape index (κ2) is 7.25. The maximum absolute atomic E-state index is 13.7. The van der Waals surface area contributed by atoms with E-state index in [1.54, 1.807) is 12.1 Å². The van der Waals surface area contributed by atoms with Gasteiger partial charge in [0, 0.05) is 23.1 Å². The number of thiophene rings is 1. The zero-order chi connectivity index (χ0) is 20.6. The fraction of sp³-hybridized carbons (Fsp3) is 0.211. The molecule has 0 spiro atoms. The number of carbonyl (C=O) groups excluding carboxylic acids is 1. The van der Waals surface area contributed by atoms with Crippen molar-refractivity contribution < 1.29 is 18.0 Å². The van der Waals surface area contributed by atoms with Crippen molar-refractivity contribution in [3.8, 4) is 6.07 Å². The lowest BCUT2D eigenvalue weighted by Crippen LogP contribution is -2.35. The number of aromatic nitrogens is 2. The molecule has 2 atom stereocenters. The number of halogens is 3. The summed E-state index contributed by atoms with van der Waals surface area (Å²) in [5.74, 6) is -0.492. The smallest absolute Gasteiger partial charge is 0.363 e. The first-order valence-electron chi connectivity index (χ1n) is 8.63. The summed E-state index contributed by atoms with van der Waals surface area (Å²) in [6, 6.07) is 10.6. The van der Waals surface area contributed by atoms with Gasteiger partial charge in [-0.1, -0.05) is 6.07 Å². The molecule has 3 heterocycles. The van der Waals surface area contributed by atoms with Gasteiger partial charge in [-0.2, -0.15) is 23.5 Å². The predicted octanol–water partition coefficient (Wildman–Crippen LogP) is 4.73. The van der Waals surface area contributed by atoms with Crippen LogP contribution in [0.1, 0.15) is 39.4 Å². The van der Waals surface area contributed by atoms with Crippen LogP contribution in [-0.4, -0.2) is 21.9 Å². The monoisotopic (exact) mass is 417 g/mol. The molecule has 29 heavy (non-hydrogen) atoms. The van der Waals surface area contributed by atoms with Crippen LogP contribution in [0.4, 0.5) is 24.7 Å². The van der Waals surface area contributed by atoms with Crippen LogP contribution in [0.3, 0.4) is 0 Å². The van der Waals surface area contributed by atoms with Crippen LogP contribution in [-0.2, 0) is 0 Å². The van der Waals surface area contributed by atoms with Crippen molar-refractivity contribution in [2.75, 3.05) is 10.6 Å². The van der Waals surface area contributed by atoms with Gasteiger partial charge in [-0.05, 0) is 35.7 Å². The second-order valence-corrected chi connectivity index (χ2v) is 7.49. The fourth-order valence-corrected chi connectivity index (χ4v) is 3.97. The summed E-state index contributed by atoms with van der Waals surface area (Å²) < 4.78 is 41.8. The SMILES string of the molecule is N#Cc1ccc(NC(=O)c2cc3n(n2)C(C(F)(F)F)CC(c2cccs2)N3)cc1. The summed E-state index contributed by atoms with van der Waals surface area (Å²) in [5.41, 5.74) is 0.715. The van der Waals surface area contributed by atoms with Crippen molar-refractivity contribution in [3.63, 3.8) is 0 Å². The molecular formula is C19H14F3N5OS. The third-order valence-electron chi connectivity index (χ3n) is 4.58. The first kappa shape index (κ1) is 19.0. The van der Waals surface area contributed by atoms with Crippen LogP contribution in [0.5, 0.6) is 0 Å². The molecule has 0 aliphatic carbocycles. The molecule has 10 heteroatoms. The Labute approximate surface area is 167 Å². The molecule has 0 radical (unpaired) electrons. The van der Waals surface area contributed by atoms with E-state index in [1.165, 1.54) is 41.7 Å². The molecule has 2 aromatic heterocycles. The summed E-state index contributed by atoms with van der Waals surface area (Å²) in [5, 5.41) is 20.2. The van der Waals surface area contributed by atoms with Crippen LogP contribution in [0.15, 0.2) is 47.8 Å². The van der Waals surface area contributed by atoms with Crippen molar-refractivity contribution >= 4 is 28.7 Å². The van der Waals surface area contributed by atoms with Gasteiger partial charge in [-0.3, -0.25) is 4.79 Å². The van der Waals surface area contributed by atoms with E-state index >= 15 is 0 Å². The van der Waals surface area contributed by atoms with Gasteiger partial charge in [0.1, 0.15) is 5.82 Å². The van der Waals surface area contributed by atoms with E-state index < -0.39 is 24.2 Å². The molecule has 1 aromatic carbocycles. The number of hydrogen-bond acceptors (Lipinski definition) is 5. The topological polar surface area (TPSA) is 82.7 Å². The average molecular weight is 417 g/mol. The van der Waals surface area contributed by atoms with Crippen molar-refractivity contribution in [2.45, 2.75) is 24.7 Å². The minimum absolute atomic E-state index is 0.127. The molecule has 2 unspecified atom stereocenters. The quantitative estimate of drug-likeness (QED) is 0.646. The fourth-order valence-electron chi connectivity index (χ4n) is 3.18. The third-order valence-corrected chi connectivity index (χ3v) is 5.57. The highest BCUT2D eigenvalue weighted by Crippen LogP contribution is 2.44. The average Bonchev–Trinajstić information content (AvgIpc) is 3.36. The number of anilines is 2. The van der Waals surface area contributed by atoms with Crippen molar-refractivity contribution in [2.24, 2.45) is 0 Å². The molecule has 1 amide bonds. The number of nitriles is 1. The summed E-state index contributed by atoms with van der Waals surface area (Å²) in [4.78, 5) is 13.3. The Morgan fingerprint density at radius 3 is 2.69 bits per heavy atom. The molecule has 0 fully saturated rings. The molecule has 1 aliphatic rings. The number of nitrogens with zero attached hydrogens (tertiary/aromatic N) is 3. The lowest BCUT2D eigenvalue weighted by molar-refractivity contribution is -0.173. The molecule has 0 saturated carbocycles. The van der Waals surface area contributed by atoms with Gasteiger partial charge in [-0.15, -0.1) is 11.3 Å². The van der Waals surface area contributed by atoms with Gasteiger partial charge in [0.25, 0.3) is 5.91 Å². The maximum atomic E-state index is 13.7. The number of rotatable bonds is 3. The molecule has 6 nitrogen and oxygen atoms in total. The second-order valence-electron chi connectivity index (χ2n) is 6.51. The normalized spacial score (nSPS) is 18.4. The van der Waals surface area contributed by atoms with Gasteiger partial charge in [0.2, 0.25) is 0 Å². The highest BCUT2D eigenvalue weighted by molar-refractivity contribution is 7.10. The lowest BCUT2D eigenvalue weighted by atomic mass is 10.0. The molecule has 4 rings (SSSR count). The van der Waals surface area contributed by atoms with Gasteiger partial charge in [0.15, 0.2) is 11.7 Å². The van der Waals surface area contributed by atoms with E-state index in [4.69, 9.17) is 5.26 Å². The number of benzene rings is 1. The van der Waals surface area contributed by atoms with E-state index in [-0.39, 0.29) is 17.9 Å². The van der Waals surface area contributed by atoms with E-state index in [0.717, 1.165) is 9.56 Å². The first-order valence-corrected chi connectivity index (χ1v) is 9.51. The molecule has 3 aromatic rings.